The van der Waals surface area contributed by atoms with E-state index in [9.17, 15) is 10.1 Å². The lowest BCUT2D eigenvalue weighted by molar-refractivity contribution is -0.124. The number of nitriles is 1. The number of hydrogen-bond donors (Lipinski definition) is 2. The van der Waals surface area contributed by atoms with Gasteiger partial charge in [-0.25, -0.2) is 4.98 Å². The minimum absolute atomic E-state index is 0.0852. The van der Waals surface area contributed by atoms with Crippen LogP contribution in [0.25, 0.3) is 11.1 Å². The van der Waals surface area contributed by atoms with Crippen LogP contribution < -0.4 is 15.4 Å². The van der Waals surface area contributed by atoms with Gasteiger partial charge in [-0.1, -0.05) is 30.7 Å². The zero-order chi connectivity index (χ0) is 19.1. The number of amides is 1. The van der Waals surface area contributed by atoms with E-state index < -0.39 is 6.04 Å². The van der Waals surface area contributed by atoms with Crippen LogP contribution in [0.15, 0.2) is 42.6 Å². The van der Waals surface area contributed by atoms with E-state index in [1.165, 1.54) is 0 Å². The van der Waals surface area contributed by atoms with Gasteiger partial charge in [-0.2, -0.15) is 5.26 Å². The average molecular weight is 364 g/mol. The first-order valence-electron chi connectivity index (χ1n) is 9.23. The second-order valence-electron chi connectivity index (χ2n) is 6.65. The van der Waals surface area contributed by atoms with Crippen molar-refractivity contribution in [2.75, 3.05) is 13.7 Å². The van der Waals surface area contributed by atoms with Crippen LogP contribution in [0, 0.1) is 11.3 Å². The van der Waals surface area contributed by atoms with Gasteiger partial charge in [-0.3, -0.25) is 4.79 Å². The number of piperidine rings is 1. The van der Waals surface area contributed by atoms with Gasteiger partial charge in [0.15, 0.2) is 0 Å². The van der Waals surface area contributed by atoms with Crippen molar-refractivity contribution in [3.63, 3.8) is 0 Å². The second-order valence-corrected chi connectivity index (χ2v) is 6.65. The molecule has 0 aliphatic carbocycles. The number of carbonyl (C=O) groups is 1. The van der Waals surface area contributed by atoms with E-state index in [1.807, 2.05) is 36.4 Å². The van der Waals surface area contributed by atoms with Gasteiger partial charge in [0.25, 0.3) is 0 Å². The van der Waals surface area contributed by atoms with Gasteiger partial charge >= 0.3 is 0 Å². The van der Waals surface area contributed by atoms with Gasteiger partial charge in [-0.15, -0.1) is 0 Å². The third-order valence-electron chi connectivity index (χ3n) is 4.77. The predicted molar refractivity (Wildman–Crippen MR) is 103 cm³/mol. The largest absolute Gasteiger partial charge is 0.481 e. The molecule has 27 heavy (non-hydrogen) atoms. The first-order chi connectivity index (χ1) is 13.2. The number of benzene rings is 1. The Labute approximate surface area is 159 Å². The molecule has 140 valence electrons. The highest BCUT2D eigenvalue weighted by Crippen LogP contribution is 2.27. The summed E-state index contributed by atoms with van der Waals surface area (Å²) in [5, 5.41) is 15.5. The SMILES string of the molecule is COc1ncccc1-c1ccc(C[C@@H](C#N)NC(=O)C2CCCCN2)cc1. The van der Waals surface area contributed by atoms with Crippen LogP contribution >= 0.6 is 0 Å². The molecule has 0 saturated carbocycles. The molecule has 2 N–H and O–H groups in total. The summed E-state index contributed by atoms with van der Waals surface area (Å²) in [5.74, 6) is 0.491. The topological polar surface area (TPSA) is 87.0 Å². The molecule has 1 aliphatic heterocycles. The summed E-state index contributed by atoms with van der Waals surface area (Å²) in [6.07, 6.45) is 5.13. The lowest BCUT2D eigenvalue weighted by Crippen LogP contribution is -2.49. The zero-order valence-electron chi connectivity index (χ0n) is 15.4. The molecule has 6 nitrogen and oxygen atoms in total. The van der Waals surface area contributed by atoms with Gasteiger partial charge in [0.2, 0.25) is 11.8 Å². The number of nitrogens with zero attached hydrogens (tertiary/aromatic N) is 2. The number of methoxy groups -OCH3 is 1. The van der Waals surface area contributed by atoms with E-state index in [0.717, 1.165) is 42.5 Å². The van der Waals surface area contributed by atoms with Crippen molar-refractivity contribution in [3.8, 4) is 23.1 Å². The Morgan fingerprint density at radius 2 is 2.19 bits per heavy atom. The smallest absolute Gasteiger partial charge is 0.238 e. The Bertz CT molecular complexity index is 808. The summed E-state index contributed by atoms with van der Waals surface area (Å²) in [7, 11) is 1.60. The molecule has 2 heterocycles. The monoisotopic (exact) mass is 364 g/mol. The van der Waals surface area contributed by atoms with Gasteiger partial charge < -0.3 is 15.4 Å². The molecule has 3 rings (SSSR count). The molecule has 1 unspecified atom stereocenters. The van der Waals surface area contributed by atoms with Gasteiger partial charge in [0.1, 0.15) is 6.04 Å². The fraction of sp³-hybridized carbons (Fsp3) is 0.381. The lowest BCUT2D eigenvalue weighted by atomic mass is 10.0. The van der Waals surface area contributed by atoms with Crippen molar-refractivity contribution in [1.82, 2.24) is 15.6 Å². The second kappa shape index (κ2) is 9.15. The molecule has 0 bridgehead atoms. The maximum absolute atomic E-state index is 12.3. The third kappa shape index (κ3) is 4.83. The van der Waals surface area contributed by atoms with E-state index in [1.54, 1.807) is 13.3 Å². The Morgan fingerprint density at radius 3 is 2.85 bits per heavy atom. The molecule has 1 fully saturated rings. The Kier molecular flexibility index (Phi) is 6.39. The van der Waals surface area contributed by atoms with Crippen LogP contribution in [0.4, 0.5) is 0 Å². The normalized spacial score (nSPS) is 17.6. The van der Waals surface area contributed by atoms with Crippen LogP contribution in [0.1, 0.15) is 24.8 Å². The maximum Gasteiger partial charge on any atom is 0.238 e. The third-order valence-corrected chi connectivity index (χ3v) is 4.77. The summed E-state index contributed by atoms with van der Waals surface area (Å²) in [6, 6.07) is 13.2. The minimum atomic E-state index is -0.542. The van der Waals surface area contributed by atoms with Crippen LogP contribution in [-0.2, 0) is 11.2 Å². The first-order valence-corrected chi connectivity index (χ1v) is 9.23. The molecular formula is C21H24N4O2. The minimum Gasteiger partial charge on any atom is -0.481 e. The summed E-state index contributed by atoms with van der Waals surface area (Å²) in [4.78, 5) is 16.5. The number of nitrogens with one attached hydrogen (secondary N) is 2. The number of hydrogen-bond acceptors (Lipinski definition) is 5. The predicted octanol–water partition coefficient (Wildman–Crippen LogP) is 2.45. The summed E-state index contributed by atoms with van der Waals surface area (Å²) in [6.45, 7) is 0.856. The summed E-state index contributed by atoms with van der Waals surface area (Å²) >= 11 is 0. The molecule has 1 amide bonds. The molecular weight excluding hydrogens is 340 g/mol. The fourth-order valence-corrected chi connectivity index (χ4v) is 3.31. The average Bonchev–Trinajstić information content (AvgIpc) is 2.74. The number of rotatable bonds is 6. The van der Waals surface area contributed by atoms with E-state index in [4.69, 9.17) is 4.74 Å². The highest BCUT2D eigenvalue weighted by molar-refractivity contribution is 5.82. The molecule has 2 aromatic rings. The van der Waals surface area contributed by atoms with Crippen LogP contribution in [0.2, 0.25) is 0 Å². The molecule has 2 atom stereocenters. The fourth-order valence-electron chi connectivity index (χ4n) is 3.31. The quantitative estimate of drug-likeness (QED) is 0.822. The lowest BCUT2D eigenvalue weighted by Gasteiger charge is -2.23. The Balaban J connectivity index is 1.64. The first kappa shape index (κ1) is 18.9. The molecule has 6 heteroatoms. The standard InChI is InChI=1S/C21H24N4O2/c1-27-21-18(5-4-12-24-21)16-9-7-15(8-10-16)13-17(14-22)25-20(26)19-6-2-3-11-23-19/h4-5,7-10,12,17,19,23H,2-3,6,11,13H2,1H3,(H,25,26)/t17-,19?/m0/s1. The van der Waals surface area contributed by atoms with Crippen molar-refractivity contribution < 1.29 is 9.53 Å². The number of pyridine rings is 1. The summed E-state index contributed by atoms with van der Waals surface area (Å²) in [5.41, 5.74) is 2.90. The molecule has 1 aromatic heterocycles. The van der Waals surface area contributed by atoms with E-state index in [-0.39, 0.29) is 11.9 Å². The van der Waals surface area contributed by atoms with Gasteiger partial charge in [0, 0.05) is 18.2 Å². The highest BCUT2D eigenvalue weighted by atomic mass is 16.5. The van der Waals surface area contributed by atoms with Crippen LogP contribution in [-0.4, -0.2) is 36.6 Å². The van der Waals surface area contributed by atoms with Crippen molar-refractivity contribution in [3.05, 3.63) is 48.2 Å². The molecule has 0 radical (unpaired) electrons. The van der Waals surface area contributed by atoms with Crippen molar-refractivity contribution in [2.45, 2.75) is 37.8 Å². The highest BCUT2D eigenvalue weighted by Gasteiger charge is 2.23. The molecule has 0 spiro atoms. The molecule has 1 saturated heterocycles. The van der Waals surface area contributed by atoms with E-state index >= 15 is 0 Å². The zero-order valence-corrected chi connectivity index (χ0v) is 15.4. The van der Waals surface area contributed by atoms with Crippen molar-refractivity contribution in [2.24, 2.45) is 0 Å². The molecule has 1 aromatic carbocycles. The van der Waals surface area contributed by atoms with Gasteiger partial charge in [0.05, 0.1) is 19.2 Å². The van der Waals surface area contributed by atoms with Crippen molar-refractivity contribution in [1.29, 1.82) is 5.26 Å². The van der Waals surface area contributed by atoms with Crippen LogP contribution in [0.5, 0.6) is 5.88 Å². The van der Waals surface area contributed by atoms with Gasteiger partial charge in [-0.05, 0) is 42.6 Å². The van der Waals surface area contributed by atoms with Crippen molar-refractivity contribution >= 4 is 5.91 Å². The van der Waals surface area contributed by atoms with Crippen LogP contribution in [0.3, 0.4) is 0 Å². The van der Waals surface area contributed by atoms with E-state index in [2.05, 4.69) is 21.7 Å². The summed E-state index contributed by atoms with van der Waals surface area (Å²) < 4.78 is 5.31. The number of carbonyl (C=O) groups excluding carboxylic acids is 1. The Morgan fingerprint density at radius 1 is 1.37 bits per heavy atom. The van der Waals surface area contributed by atoms with E-state index in [0.29, 0.717) is 12.3 Å². The maximum atomic E-state index is 12.3. The molecule has 1 aliphatic rings. The number of ether oxygens (including phenoxy) is 1. The number of aromatic nitrogens is 1. The Hall–Kier alpha value is -2.91.